The molecule has 1 aromatic carbocycles. The summed E-state index contributed by atoms with van der Waals surface area (Å²) in [7, 11) is -1.38. The molecule has 2 atom stereocenters. The van der Waals surface area contributed by atoms with Gasteiger partial charge in [0.15, 0.2) is 9.84 Å². The van der Waals surface area contributed by atoms with E-state index in [1.54, 1.807) is 14.0 Å². The van der Waals surface area contributed by atoms with Crippen molar-refractivity contribution in [3.63, 3.8) is 0 Å². The number of aromatic nitrogens is 2. The van der Waals surface area contributed by atoms with Crippen molar-refractivity contribution in [2.24, 2.45) is 0 Å². The summed E-state index contributed by atoms with van der Waals surface area (Å²) in [6, 6.07) is 7.47. The second kappa shape index (κ2) is 7.40. The smallest absolute Gasteiger partial charge is 0.277 e. The van der Waals surface area contributed by atoms with Gasteiger partial charge in [0.05, 0.1) is 16.8 Å². The van der Waals surface area contributed by atoms with E-state index in [1.165, 1.54) is 16.7 Å². The van der Waals surface area contributed by atoms with Gasteiger partial charge in [-0.15, -0.1) is 10.2 Å². The lowest BCUT2D eigenvalue weighted by Gasteiger charge is -2.25. The van der Waals surface area contributed by atoms with Crippen molar-refractivity contribution in [2.75, 3.05) is 18.6 Å². The van der Waals surface area contributed by atoms with Gasteiger partial charge < -0.3 is 9.32 Å². The number of hydrogen-bond donors (Lipinski definition) is 0. The van der Waals surface area contributed by atoms with Gasteiger partial charge in [-0.25, -0.2) is 8.42 Å². The number of benzene rings is 1. The normalized spacial score (nSPS) is 20.0. The SMILES string of the molecule is Cc1cccc(-c2nnc(S[C@@H](C)C(=O)N(C)[C@@H]3CCS(=O)(=O)C3)o2)c1. The first kappa shape index (κ1) is 18.9. The fraction of sp³-hybridized carbons (Fsp3) is 0.471. The van der Waals surface area contributed by atoms with Crippen LogP contribution in [0.4, 0.5) is 0 Å². The maximum Gasteiger partial charge on any atom is 0.277 e. The highest BCUT2D eigenvalue weighted by Gasteiger charge is 2.34. The van der Waals surface area contributed by atoms with Crippen molar-refractivity contribution < 1.29 is 17.6 Å². The number of rotatable bonds is 5. The van der Waals surface area contributed by atoms with Gasteiger partial charge in [0.2, 0.25) is 11.8 Å². The van der Waals surface area contributed by atoms with Crippen molar-refractivity contribution in [3.05, 3.63) is 29.8 Å². The first-order valence-corrected chi connectivity index (χ1v) is 11.0. The van der Waals surface area contributed by atoms with Gasteiger partial charge in [0, 0.05) is 18.7 Å². The predicted octanol–water partition coefficient (Wildman–Crippen LogP) is 2.17. The largest absolute Gasteiger partial charge is 0.411 e. The molecule has 1 aliphatic heterocycles. The molecule has 0 radical (unpaired) electrons. The Labute approximate surface area is 157 Å². The van der Waals surface area contributed by atoms with E-state index >= 15 is 0 Å². The first-order chi connectivity index (χ1) is 12.2. The highest BCUT2D eigenvalue weighted by Crippen LogP contribution is 2.28. The van der Waals surface area contributed by atoms with Gasteiger partial charge in [0.25, 0.3) is 5.22 Å². The Balaban J connectivity index is 1.64. The van der Waals surface area contributed by atoms with Crippen LogP contribution < -0.4 is 0 Å². The quantitative estimate of drug-likeness (QED) is 0.716. The van der Waals surface area contributed by atoms with Crippen molar-refractivity contribution >= 4 is 27.5 Å². The van der Waals surface area contributed by atoms with Crippen LogP contribution in [-0.2, 0) is 14.6 Å². The number of carbonyl (C=O) groups excluding carboxylic acids is 1. The third kappa shape index (κ3) is 4.27. The predicted molar refractivity (Wildman–Crippen MR) is 99.6 cm³/mol. The minimum Gasteiger partial charge on any atom is -0.411 e. The van der Waals surface area contributed by atoms with Crippen molar-refractivity contribution in [2.45, 2.75) is 36.8 Å². The summed E-state index contributed by atoms with van der Waals surface area (Å²) in [6.07, 6.45) is 0.486. The topological polar surface area (TPSA) is 93.4 Å². The third-order valence-corrected chi connectivity index (χ3v) is 7.07. The Hall–Kier alpha value is -1.87. The molecule has 0 N–H and O–H groups in total. The monoisotopic (exact) mass is 395 g/mol. The number of amides is 1. The fourth-order valence-corrected chi connectivity index (χ4v) is 5.46. The van der Waals surface area contributed by atoms with Gasteiger partial charge in [-0.05, 0) is 32.4 Å². The number of thioether (sulfide) groups is 1. The Kier molecular flexibility index (Phi) is 5.38. The van der Waals surface area contributed by atoms with Crippen LogP contribution >= 0.6 is 11.8 Å². The average molecular weight is 396 g/mol. The maximum absolute atomic E-state index is 12.6. The van der Waals surface area contributed by atoms with E-state index < -0.39 is 15.1 Å². The van der Waals surface area contributed by atoms with Crippen LogP contribution in [0.15, 0.2) is 33.9 Å². The summed E-state index contributed by atoms with van der Waals surface area (Å²) in [4.78, 5) is 14.1. The van der Waals surface area contributed by atoms with Crippen LogP contribution in [0.1, 0.15) is 18.9 Å². The molecule has 140 valence electrons. The second-order valence-corrected chi connectivity index (χ2v) is 10.0. The lowest BCUT2D eigenvalue weighted by atomic mass is 10.1. The minimum atomic E-state index is -3.03. The van der Waals surface area contributed by atoms with Crippen LogP contribution in [0, 0.1) is 6.92 Å². The molecule has 0 bridgehead atoms. The molecule has 1 aliphatic rings. The Morgan fingerprint density at radius 1 is 1.38 bits per heavy atom. The molecule has 3 rings (SSSR count). The number of hydrogen-bond acceptors (Lipinski definition) is 7. The summed E-state index contributed by atoms with van der Waals surface area (Å²) in [5.41, 5.74) is 1.92. The number of aryl methyl sites for hydroxylation is 1. The molecule has 7 nitrogen and oxygen atoms in total. The zero-order valence-corrected chi connectivity index (χ0v) is 16.5. The van der Waals surface area contributed by atoms with E-state index in [0.717, 1.165) is 11.1 Å². The molecule has 1 amide bonds. The molecule has 2 heterocycles. The van der Waals surface area contributed by atoms with E-state index in [-0.39, 0.29) is 23.5 Å². The summed E-state index contributed by atoms with van der Waals surface area (Å²) >= 11 is 1.18. The van der Waals surface area contributed by atoms with Crippen LogP contribution in [0.3, 0.4) is 0 Å². The maximum atomic E-state index is 12.6. The molecular formula is C17H21N3O4S2. The summed E-state index contributed by atoms with van der Waals surface area (Å²) in [5, 5.41) is 7.91. The van der Waals surface area contributed by atoms with Crippen molar-refractivity contribution in [3.8, 4) is 11.5 Å². The third-order valence-electron chi connectivity index (χ3n) is 4.40. The van der Waals surface area contributed by atoms with E-state index in [0.29, 0.717) is 17.5 Å². The zero-order valence-electron chi connectivity index (χ0n) is 14.9. The van der Waals surface area contributed by atoms with Crippen molar-refractivity contribution in [1.82, 2.24) is 15.1 Å². The molecule has 1 fully saturated rings. The van der Waals surface area contributed by atoms with Crippen LogP contribution in [-0.4, -0.2) is 59.3 Å². The van der Waals surface area contributed by atoms with Crippen LogP contribution in [0.2, 0.25) is 0 Å². The molecule has 1 saturated heterocycles. The van der Waals surface area contributed by atoms with E-state index in [9.17, 15) is 13.2 Å². The number of sulfone groups is 1. The van der Waals surface area contributed by atoms with E-state index in [2.05, 4.69) is 10.2 Å². The van der Waals surface area contributed by atoms with Gasteiger partial charge in [-0.3, -0.25) is 4.79 Å². The van der Waals surface area contributed by atoms with Gasteiger partial charge in [0.1, 0.15) is 0 Å². The summed E-state index contributed by atoms with van der Waals surface area (Å²) < 4.78 is 28.9. The molecule has 1 aromatic heterocycles. The molecule has 2 aromatic rings. The molecule has 0 aliphatic carbocycles. The van der Waals surface area contributed by atoms with E-state index in [1.807, 2.05) is 31.2 Å². The zero-order chi connectivity index (χ0) is 18.9. The Bertz CT molecular complexity index is 910. The van der Waals surface area contributed by atoms with Crippen molar-refractivity contribution in [1.29, 1.82) is 0 Å². The Morgan fingerprint density at radius 3 is 2.81 bits per heavy atom. The second-order valence-electron chi connectivity index (χ2n) is 6.51. The van der Waals surface area contributed by atoms with Gasteiger partial charge >= 0.3 is 0 Å². The van der Waals surface area contributed by atoms with Gasteiger partial charge in [-0.1, -0.05) is 29.5 Å². The first-order valence-electron chi connectivity index (χ1n) is 8.29. The summed E-state index contributed by atoms with van der Waals surface area (Å²) in [6.45, 7) is 3.73. The fourth-order valence-electron chi connectivity index (χ4n) is 2.90. The van der Waals surface area contributed by atoms with Crippen LogP contribution in [0.5, 0.6) is 0 Å². The van der Waals surface area contributed by atoms with Crippen LogP contribution in [0.25, 0.3) is 11.5 Å². The highest BCUT2D eigenvalue weighted by atomic mass is 32.2. The number of carbonyl (C=O) groups is 1. The van der Waals surface area contributed by atoms with E-state index in [4.69, 9.17) is 4.42 Å². The van der Waals surface area contributed by atoms with Gasteiger partial charge in [-0.2, -0.15) is 0 Å². The average Bonchev–Trinajstić information content (AvgIpc) is 3.19. The molecular weight excluding hydrogens is 374 g/mol. The molecule has 9 heteroatoms. The molecule has 26 heavy (non-hydrogen) atoms. The Morgan fingerprint density at radius 2 is 2.15 bits per heavy atom. The minimum absolute atomic E-state index is 0.0324. The number of nitrogens with zero attached hydrogens (tertiary/aromatic N) is 3. The molecule has 0 spiro atoms. The lowest BCUT2D eigenvalue weighted by Crippen LogP contribution is -2.41. The highest BCUT2D eigenvalue weighted by molar-refractivity contribution is 8.00. The molecule has 0 unspecified atom stereocenters. The summed E-state index contributed by atoms with van der Waals surface area (Å²) in [5.74, 6) is 0.434. The lowest BCUT2D eigenvalue weighted by molar-refractivity contribution is -0.130. The standard InChI is InChI=1S/C17H21N3O4S2/c1-11-5-4-6-13(9-11)15-18-19-17(24-15)25-12(2)16(21)20(3)14-7-8-26(22,23)10-14/h4-6,9,12,14H,7-8,10H2,1-3H3/t12-,14+/m0/s1. The molecule has 0 saturated carbocycles.